The molecule has 6 nitrogen and oxygen atoms in total. The van der Waals surface area contributed by atoms with E-state index in [9.17, 15) is 0 Å². The van der Waals surface area contributed by atoms with Crippen LogP contribution in [0.2, 0.25) is 0 Å². The maximum Gasteiger partial charge on any atom is 0.191 e. The number of nitrogens with zero attached hydrogens (tertiary/aromatic N) is 3. The molecule has 0 saturated carbocycles. The van der Waals surface area contributed by atoms with E-state index in [4.69, 9.17) is 4.52 Å². The fraction of sp³-hybridized carbons (Fsp3) is 0.800. The zero-order valence-corrected chi connectivity index (χ0v) is 20.0. The van der Waals surface area contributed by atoms with E-state index >= 15 is 0 Å². The minimum atomic E-state index is 0. The van der Waals surface area contributed by atoms with Gasteiger partial charge in [0.25, 0.3) is 0 Å². The first-order valence-corrected chi connectivity index (χ1v) is 10.1. The smallest absolute Gasteiger partial charge is 0.191 e. The second kappa shape index (κ2) is 12.6. The van der Waals surface area contributed by atoms with Gasteiger partial charge in [0.05, 0.1) is 12.2 Å². The molecule has 0 spiro atoms. The van der Waals surface area contributed by atoms with Gasteiger partial charge in [-0.15, -0.1) is 24.0 Å². The van der Waals surface area contributed by atoms with Crippen molar-refractivity contribution in [3.63, 3.8) is 0 Å². The van der Waals surface area contributed by atoms with Crippen molar-refractivity contribution in [2.45, 2.75) is 71.9 Å². The van der Waals surface area contributed by atoms with E-state index in [1.807, 2.05) is 13.1 Å². The van der Waals surface area contributed by atoms with Crippen molar-refractivity contribution in [1.82, 2.24) is 20.7 Å². The Morgan fingerprint density at radius 2 is 1.81 bits per heavy atom. The summed E-state index contributed by atoms with van der Waals surface area (Å²) >= 11 is 0. The molecule has 1 aromatic heterocycles. The number of nitrogens with one attached hydrogen (secondary N) is 2. The first-order valence-electron chi connectivity index (χ1n) is 10.1. The van der Waals surface area contributed by atoms with Gasteiger partial charge in [0.2, 0.25) is 0 Å². The van der Waals surface area contributed by atoms with E-state index < -0.39 is 0 Å². The average Bonchev–Trinajstić information content (AvgIpc) is 2.93. The Kier molecular flexibility index (Phi) is 11.3. The van der Waals surface area contributed by atoms with Crippen LogP contribution < -0.4 is 10.6 Å². The fourth-order valence-electron chi connectivity index (χ4n) is 3.49. The lowest BCUT2D eigenvalue weighted by atomic mass is 10.0. The van der Waals surface area contributed by atoms with Crippen molar-refractivity contribution < 1.29 is 4.52 Å². The van der Waals surface area contributed by atoms with Gasteiger partial charge in [-0.3, -0.25) is 9.89 Å². The van der Waals surface area contributed by atoms with Gasteiger partial charge >= 0.3 is 0 Å². The van der Waals surface area contributed by atoms with Gasteiger partial charge < -0.3 is 15.2 Å². The third-order valence-electron chi connectivity index (χ3n) is 5.18. The van der Waals surface area contributed by atoms with Gasteiger partial charge in [0.1, 0.15) is 0 Å². The minimum Gasteiger partial charge on any atom is -0.359 e. The number of likely N-dealkylation sites (tertiary alicyclic amines) is 1. The fourth-order valence-corrected chi connectivity index (χ4v) is 3.49. The second-order valence-corrected chi connectivity index (χ2v) is 7.94. The predicted octanol–water partition coefficient (Wildman–Crippen LogP) is 3.98. The molecule has 27 heavy (non-hydrogen) atoms. The molecule has 0 bridgehead atoms. The summed E-state index contributed by atoms with van der Waals surface area (Å²) in [5.74, 6) is 2.64. The molecule has 0 aliphatic carbocycles. The van der Waals surface area contributed by atoms with Crippen LogP contribution in [0.25, 0.3) is 0 Å². The molecule has 1 aliphatic rings. The van der Waals surface area contributed by atoms with Crippen LogP contribution in [0.4, 0.5) is 0 Å². The van der Waals surface area contributed by atoms with Crippen molar-refractivity contribution >= 4 is 29.9 Å². The maximum atomic E-state index is 5.39. The highest BCUT2D eigenvalue weighted by Crippen LogP contribution is 2.17. The average molecular weight is 491 g/mol. The molecule has 2 N–H and O–H groups in total. The van der Waals surface area contributed by atoms with Gasteiger partial charge in [0.15, 0.2) is 11.7 Å². The van der Waals surface area contributed by atoms with Crippen LogP contribution in [0.3, 0.4) is 0 Å². The molecule has 1 atom stereocenters. The molecule has 1 aliphatic heterocycles. The lowest BCUT2D eigenvalue weighted by Gasteiger charge is -2.34. The topological polar surface area (TPSA) is 65.7 Å². The zero-order chi connectivity index (χ0) is 18.9. The maximum absolute atomic E-state index is 5.39. The molecule has 1 aromatic rings. The summed E-state index contributed by atoms with van der Waals surface area (Å²) in [4.78, 5) is 7.01. The number of aromatic nitrogens is 1. The minimum absolute atomic E-state index is 0. The Morgan fingerprint density at radius 3 is 2.33 bits per heavy atom. The largest absolute Gasteiger partial charge is 0.359 e. The predicted molar refractivity (Wildman–Crippen MR) is 123 cm³/mol. The van der Waals surface area contributed by atoms with E-state index in [0.29, 0.717) is 24.4 Å². The van der Waals surface area contributed by atoms with E-state index in [-0.39, 0.29) is 24.0 Å². The van der Waals surface area contributed by atoms with Gasteiger partial charge in [-0.2, -0.15) is 0 Å². The molecular weight excluding hydrogens is 453 g/mol. The van der Waals surface area contributed by atoms with E-state index in [0.717, 1.165) is 24.0 Å². The zero-order valence-electron chi connectivity index (χ0n) is 17.6. The number of aliphatic imine (C=N–C) groups is 1. The summed E-state index contributed by atoms with van der Waals surface area (Å²) in [5, 5.41) is 10.9. The van der Waals surface area contributed by atoms with Crippen LogP contribution in [0, 0.1) is 5.92 Å². The van der Waals surface area contributed by atoms with E-state index in [2.05, 4.69) is 53.4 Å². The lowest BCUT2D eigenvalue weighted by Crippen LogP contribution is -2.49. The number of rotatable bonds is 7. The molecule has 2 heterocycles. The number of hydrogen-bond acceptors (Lipinski definition) is 4. The summed E-state index contributed by atoms with van der Waals surface area (Å²) in [6.45, 7) is 12.8. The molecule has 2 rings (SSSR count). The lowest BCUT2D eigenvalue weighted by molar-refractivity contribution is 0.161. The van der Waals surface area contributed by atoms with Gasteiger partial charge in [0, 0.05) is 25.7 Å². The Balaban J connectivity index is 0.00000364. The summed E-state index contributed by atoms with van der Waals surface area (Å²) in [7, 11) is 1.81. The van der Waals surface area contributed by atoms with Crippen LogP contribution in [-0.4, -0.2) is 48.7 Å². The summed E-state index contributed by atoms with van der Waals surface area (Å²) in [6.07, 6.45) is 5.38. The Hall–Kier alpha value is -0.830. The highest BCUT2D eigenvalue weighted by atomic mass is 127. The molecule has 1 fully saturated rings. The molecule has 0 aromatic carbocycles. The molecule has 156 valence electrons. The van der Waals surface area contributed by atoms with Crippen LogP contribution in [0.1, 0.15) is 70.8 Å². The molecule has 1 saturated heterocycles. The summed E-state index contributed by atoms with van der Waals surface area (Å²) in [6, 6.07) is 2.54. The van der Waals surface area contributed by atoms with Crippen molar-refractivity contribution in [2.75, 3.05) is 26.7 Å². The van der Waals surface area contributed by atoms with E-state index in [1.165, 1.54) is 38.8 Å². The van der Waals surface area contributed by atoms with E-state index in [1.54, 1.807) is 0 Å². The summed E-state index contributed by atoms with van der Waals surface area (Å²) < 4.78 is 5.39. The Bertz CT molecular complexity index is 550. The molecule has 0 radical (unpaired) electrons. The first-order chi connectivity index (χ1) is 12.5. The summed E-state index contributed by atoms with van der Waals surface area (Å²) in [5.41, 5.74) is 0.991. The number of hydrogen-bond donors (Lipinski definition) is 2. The van der Waals surface area contributed by atoms with Crippen LogP contribution in [0.5, 0.6) is 0 Å². The molecular formula is C20H38IN5O. The van der Waals surface area contributed by atoms with Crippen LogP contribution >= 0.6 is 24.0 Å². The third-order valence-corrected chi connectivity index (χ3v) is 5.18. The molecule has 7 heteroatoms. The molecule has 0 amide bonds. The van der Waals surface area contributed by atoms with Crippen molar-refractivity contribution in [3.8, 4) is 0 Å². The quantitative estimate of drug-likeness (QED) is 0.343. The number of guanidine groups is 1. The van der Waals surface area contributed by atoms with Crippen molar-refractivity contribution in [3.05, 3.63) is 17.5 Å². The van der Waals surface area contributed by atoms with Crippen LogP contribution in [-0.2, 0) is 6.54 Å². The molecule has 1 unspecified atom stereocenters. The van der Waals surface area contributed by atoms with Gasteiger partial charge in [-0.05, 0) is 37.8 Å². The Morgan fingerprint density at radius 1 is 1.15 bits per heavy atom. The van der Waals surface area contributed by atoms with Crippen molar-refractivity contribution in [1.29, 1.82) is 0 Å². The van der Waals surface area contributed by atoms with Crippen LogP contribution in [0.15, 0.2) is 15.6 Å². The second-order valence-electron chi connectivity index (χ2n) is 7.94. The van der Waals surface area contributed by atoms with Gasteiger partial charge in [-0.25, -0.2) is 0 Å². The first kappa shape index (κ1) is 24.2. The SMILES string of the molecule is CN=C(NCc1cc(C(C)C)no1)NCC(C(C)C)N1CCCCCC1.I. The highest BCUT2D eigenvalue weighted by Gasteiger charge is 2.23. The third kappa shape index (κ3) is 7.97. The monoisotopic (exact) mass is 491 g/mol. The number of halogens is 1. The standard InChI is InChI=1S/C20H37N5O.HI/c1-15(2)18-12-17(26-24-18)13-22-20(21-5)23-14-19(16(3)4)25-10-8-6-7-9-11-25;/h12,15-16,19H,6-11,13-14H2,1-5H3,(H2,21,22,23);1H. The normalized spacial score (nSPS) is 17.5. The van der Waals surface area contributed by atoms with Gasteiger partial charge in [-0.1, -0.05) is 45.7 Å². The van der Waals surface area contributed by atoms with Crippen molar-refractivity contribution in [2.24, 2.45) is 10.9 Å². The Labute approximate surface area is 181 Å². The highest BCUT2D eigenvalue weighted by molar-refractivity contribution is 14.0.